The van der Waals surface area contributed by atoms with E-state index in [1.54, 1.807) is 0 Å². The second-order valence-electron chi connectivity index (χ2n) is 3.58. The molecule has 0 aromatic carbocycles. The van der Waals surface area contributed by atoms with E-state index >= 15 is 0 Å². The lowest BCUT2D eigenvalue weighted by Crippen LogP contribution is -2.38. The number of hydrogen-bond donors (Lipinski definition) is 1. The topological polar surface area (TPSA) is 112 Å². The van der Waals surface area contributed by atoms with Gasteiger partial charge in [-0.25, -0.2) is 0 Å². The second kappa shape index (κ2) is 1.66. The van der Waals surface area contributed by atoms with Crippen LogP contribution in [0.25, 0.3) is 0 Å². The van der Waals surface area contributed by atoms with Crippen LogP contribution in [0.4, 0.5) is 0 Å². The van der Waals surface area contributed by atoms with E-state index in [-0.39, 0.29) is 18.4 Å². The molecule has 0 saturated carbocycles. The third-order valence-electron chi connectivity index (χ3n) is 2.89. The van der Waals surface area contributed by atoms with Gasteiger partial charge >= 0.3 is 0 Å². The number of rotatable bonds is 1. The van der Waals surface area contributed by atoms with Crippen LogP contribution in [0.2, 0.25) is 0 Å². The fraction of sp³-hybridized carbons (Fsp3) is 0.667. The zero-order valence-corrected chi connectivity index (χ0v) is 6.82. The van der Waals surface area contributed by atoms with Crippen LogP contribution in [0, 0.1) is 0 Å². The molecule has 8 heteroatoms. The zero-order valence-electron chi connectivity index (χ0n) is 6.82. The number of carbonyl (C=O) groups excluding carboxylic acids is 1. The highest BCUT2D eigenvalue weighted by Gasteiger charge is 2.78. The largest absolute Gasteiger partial charge is 0.367 e. The number of nitrogens with two attached hydrogens (primary N) is 1. The molecule has 0 spiro atoms. The van der Waals surface area contributed by atoms with Gasteiger partial charge in [-0.2, -0.15) is 4.68 Å². The minimum absolute atomic E-state index is 0.126. The monoisotopic (exact) mass is 195 g/mol. The summed E-state index contributed by atoms with van der Waals surface area (Å²) in [5.41, 5.74) is 4.13. The van der Waals surface area contributed by atoms with Crippen molar-refractivity contribution in [2.75, 3.05) is 0 Å². The van der Waals surface area contributed by atoms with E-state index < -0.39 is 11.5 Å². The first kappa shape index (κ1) is 6.85. The first-order valence-corrected chi connectivity index (χ1v) is 4.16. The number of ether oxygens (including phenoxy) is 2. The van der Waals surface area contributed by atoms with Gasteiger partial charge in [0.25, 0.3) is 5.91 Å². The molecule has 72 valence electrons. The van der Waals surface area contributed by atoms with Gasteiger partial charge in [-0.05, 0) is 10.4 Å². The second-order valence-corrected chi connectivity index (χ2v) is 3.58. The van der Waals surface area contributed by atoms with Crippen molar-refractivity contribution >= 4 is 5.91 Å². The van der Waals surface area contributed by atoms with Crippen molar-refractivity contribution < 1.29 is 14.3 Å². The van der Waals surface area contributed by atoms with E-state index in [1.165, 1.54) is 4.68 Å². The van der Waals surface area contributed by atoms with Crippen molar-refractivity contribution in [1.29, 1.82) is 0 Å². The molecule has 0 bridgehead atoms. The summed E-state index contributed by atoms with van der Waals surface area (Å²) in [5.74, 6) is -0.207. The van der Waals surface area contributed by atoms with E-state index in [1.807, 2.05) is 0 Å². The summed E-state index contributed by atoms with van der Waals surface area (Å²) >= 11 is 0. The minimum Gasteiger partial charge on any atom is -0.367 e. The van der Waals surface area contributed by atoms with Crippen LogP contribution in [0.15, 0.2) is 0 Å². The number of epoxide rings is 2. The molecule has 8 nitrogen and oxygen atoms in total. The summed E-state index contributed by atoms with van der Waals surface area (Å²) in [6.07, 6.45) is -0.609. The number of amides is 1. The number of nitrogens with zero attached hydrogens (tertiary/aromatic N) is 4. The Morgan fingerprint density at radius 3 is 3.29 bits per heavy atom. The van der Waals surface area contributed by atoms with Crippen LogP contribution in [-0.2, 0) is 19.9 Å². The molecule has 0 aliphatic carbocycles. The highest BCUT2D eigenvalue weighted by Crippen LogP contribution is 2.59. The van der Waals surface area contributed by atoms with Gasteiger partial charge < -0.3 is 15.2 Å². The quantitative estimate of drug-likeness (QED) is 0.502. The van der Waals surface area contributed by atoms with Gasteiger partial charge in [0.2, 0.25) is 5.60 Å². The van der Waals surface area contributed by atoms with Gasteiger partial charge in [-0.3, -0.25) is 4.79 Å². The highest BCUT2D eigenvalue weighted by atomic mass is 16.7. The lowest BCUT2D eigenvalue weighted by molar-refractivity contribution is -0.123. The van der Waals surface area contributed by atoms with Gasteiger partial charge in [0.15, 0.2) is 12.1 Å². The molecule has 1 aromatic heterocycles. The Morgan fingerprint density at radius 2 is 2.50 bits per heavy atom. The van der Waals surface area contributed by atoms with Gasteiger partial charge in [0.05, 0.1) is 0 Å². The van der Waals surface area contributed by atoms with Gasteiger partial charge in [0, 0.05) is 0 Å². The normalized spacial score (nSPS) is 46.1. The molecule has 2 fully saturated rings. The lowest BCUT2D eigenvalue weighted by atomic mass is 9.98. The van der Waals surface area contributed by atoms with Gasteiger partial charge in [-0.1, -0.05) is 0 Å². The number of aromatic nitrogens is 4. The number of carbonyl (C=O) groups is 1. The number of hydrogen-bond acceptors (Lipinski definition) is 6. The van der Waals surface area contributed by atoms with Crippen LogP contribution in [0.1, 0.15) is 12.1 Å². The predicted octanol–water partition coefficient (Wildman–Crippen LogP) is -2.34. The Hall–Kier alpha value is -1.54. The highest BCUT2D eigenvalue weighted by molar-refractivity contribution is 5.88. The number of fused-ring (bicyclic) bond motifs is 6. The van der Waals surface area contributed by atoms with Crippen molar-refractivity contribution in [2.45, 2.75) is 24.0 Å². The zero-order chi connectivity index (χ0) is 9.50. The molecule has 1 aromatic rings. The SMILES string of the molecule is NC(=O)[C@@]12O[C@@H]1[C@H]1O[C@H]1n1nnnc12. The molecular weight excluding hydrogens is 190 g/mol. The molecule has 0 unspecified atom stereocenters. The molecule has 2 N–H and O–H groups in total. The minimum atomic E-state index is -1.14. The van der Waals surface area contributed by atoms with E-state index in [9.17, 15) is 4.79 Å². The maximum absolute atomic E-state index is 11.3. The lowest BCUT2D eigenvalue weighted by Gasteiger charge is -2.09. The molecule has 2 saturated heterocycles. The van der Waals surface area contributed by atoms with E-state index in [0.717, 1.165) is 0 Å². The predicted molar refractivity (Wildman–Crippen MR) is 37.5 cm³/mol. The molecule has 4 atom stereocenters. The Labute approximate surface area is 77.0 Å². The first-order valence-electron chi connectivity index (χ1n) is 4.16. The molecule has 4 heterocycles. The standard InChI is InChI=1S/C6H5N5O3/c7-4(12)6-2(14-6)1-3(13-1)11-5(6)8-9-10-11/h1-3H,(H2,7,12)/t1-,2-,3-,6+/m1/s1. The first-order chi connectivity index (χ1) is 6.75. The fourth-order valence-electron chi connectivity index (χ4n) is 2.10. The molecule has 3 aliphatic heterocycles. The van der Waals surface area contributed by atoms with E-state index in [4.69, 9.17) is 15.2 Å². The van der Waals surface area contributed by atoms with E-state index in [0.29, 0.717) is 5.82 Å². The number of tetrazole rings is 1. The van der Waals surface area contributed by atoms with Crippen LogP contribution in [0.5, 0.6) is 0 Å². The summed E-state index contributed by atoms with van der Waals surface area (Å²) < 4.78 is 12.0. The summed E-state index contributed by atoms with van der Waals surface area (Å²) in [4.78, 5) is 11.3. The van der Waals surface area contributed by atoms with Crippen LogP contribution >= 0.6 is 0 Å². The maximum Gasteiger partial charge on any atom is 0.260 e. The average molecular weight is 195 g/mol. The smallest absolute Gasteiger partial charge is 0.260 e. The van der Waals surface area contributed by atoms with Crippen molar-refractivity contribution in [1.82, 2.24) is 20.2 Å². The molecular formula is C6H5N5O3. The van der Waals surface area contributed by atoms with Crippen LogP contribution in [-0.4, -0.2) is 38.3 Å². The Morgan fingerprint density at radius 1 is 1.64 bits per heavy atom. The summed E-state index contributed by atoms with van der Waals surface area (Å²) in [6, 6.07) is 0. The third-order valence-corrected chi connectivity index (χ3v) is 2.89. The third kappa shape index (κ3) is 0.496. The van der Waals surface area contributed by atoms with Crippen molar-refractivity contribution in [3.05, 3.63) is 5.82 Å². The van der Waals surface area contributed by atoms with Crippen LogP contribution < -0.4 is 5.73 Å². The number of primary amides is 1. The van der Waals surface area contributed by atoms with Crippen molar-refractivity contribution in [3.63, 3.8) is 0 Å². The molecule has 14 heavy (non-hydrogen) atoms. The van der Waals surface area contributed by atoms with Gasteiger partial charge in [0.1, 0.15) is 12.2 Å². The van der Waals surface area contributed by atoms with Crippen molar-refractivity contribution in [2.24, 2.45) is 5.73 Å². The summed E-state index contributed by atoms with van der Waals surface area (Å²) in [6.45, 7) is 0. The maximum atomic E-state index is 11.3. The fourth-order valence-corrected chi connectivity index (χ4v) is 2.10. The van der Waals surface area contributed by atoms with Crippen LogP contribution in [0.3, 0.4) is 0 Å². The molecule has 1 amide bonds. The average Bonchev–Trinajstić information content (AvgIpc) is 3.02. The van der Waals surface area contributed by atoms with E-state index in [2.05, 4.69) is 15.5 Å². The summed E-state index contributed by atoms with van der Waals surface area (Å²) in [7, 11) is 0. The summed E-state index contributed by atoms with van der Waals surface area (Å²) in [5, 5.41) is 11.0. The Kier molecular flexibility index (Phi) is 0.813. The molecule has 0 radical (unpaired) electrons. The Balaban J connectivity index is 1.98. The Bertz CT molecular complexity index is 458. The van der Waals surface area contributed by atoms with Crippen molar-refractivity contribution in [3.8, 4) is 0 Å². The molecule has 3 aliphatic rings. The molecule has 4 rings (SSSR count). The van der Waals surface area contributed by atoms with Gasteiger partial charge in [-0.15, -0.1) is 5.10 Å².